The summed E-state index contributed by atoms with van der Waals surface area (Å²) < 4.78 is 4.85. The lowest BCUT2D eigenvalue weighted by Crippen LogP contribution is -2.48. The van der Waals surface area contributed by atoms with Crippen LogP contribution in [-0.4, -0.2) is 50.2 Å². The predicted molar refractivity (Wildman–Crippen MR) is 76.7 cm³/mol. The number of hydrogen-bond donors (Lipinski definition) is 1. The number of carbonyl (C=O) groups excluding carboxylic acids is 1. The molecular formula is C12H24Cl2N2O2. The maximum atomic E-state index is 11.5. The highest BCUT2D eigenvalue weighted by molar-refractivity contribution is 5.85. The molecule has 2 rings (SSSR count). The van der Waals surface area contributed by atoms with Gasteiger partial charge >= 0.3 is 5.97 Å². The van der Waals surface area contributed by atoms with Crippen LogP contribution in [0.3, 0.4) is 0 Å². The van der Waals surface area contributed by atoms with Crippen LogP contribution in [0.1, 0.15) is 25.7 Å². The Morgan fingerprint density at radius 1 is 1.22 bits per heavy atom. The summed E-state index contributed by atoms with van der Waals surface area (Å²) in [4.78, 5) is 14.0. The number of methoxy groups -OCH3 is 1. The molecule has 0 radical (unpaired) electrons. The first kappa shape index (κ1) is 18.0. The number of hydrogen-bond acceptors (Lipinski definition) is 4. The Balaban J connectivity index is 0.00000144. The summed E-state index contributed by atoms with van der Waals surface area (Å²) in [6, 6.07) is 0.675. The molecule has 2 fully saturated rings. The molecule has 0 bridgehead atoms. The van der Waals surface area contributed by atoms with Gasteiger partial charge < -0.3 is 10.1 Å². The van der Waals surface area contributed by atoms with E-state index in [0.29, 0.717) is 6.04 Å². The van der Waals surface area contributed by atoms with Gasteiger partial charge in [-0.25, -0.2) is 0 Å². The second-order valence-electron chi connectivity index (χ2n) is 4.84. The quantitative estimate of drug-likeness (QED) is 0.784. The average Bonchev–Trinajstić information content (AvgIpc) is 2.39. The minimum Gasteiger partial charge on any atom is -0.469 e. The third-order valence-electron chi connectivity index (χ3n) is 3.81. The zero-order chi connectivity index (χ0) is 11.4. The molecule has 18 heavy (non-hydrogen) atoms. The van der Waals surface area contributed by atoms with Gasteiger partial charge in [0.1, 0.15) is 0 Å². The van der Waals surface area contributed by atoms with E-state index in [2.05, 4.69) is 10.2 Å². The maximum Gasteiger partial charge on any atom is 0.309 e. The van der Waals surface area contributed by atoms with E-state index < -0.39 is 0 Å². The Bertz CT molecular complexity index is 248. The molecule has 4 nitrogen and oxygen atoms in total. The van der Waals surface area contributed by atoms with Crippen molar-refractivity contribution in [2.24, 2.45) is 5.92 Å². The highest BCUT2D eigenvalue weighted by Crippen LogP contribution is 2.22. The SMILES string of the molecule is COC(=O)C1CCCN(C2CCNCC2)C1.Cl.Cl. The van der Waals surface area contributed by atoms with Crippen LogP contribution in [0.2, 0.25) is 0 Å². The van der Waals surface area contributed by atoms with Crippen LogP contribution in [0, 0.1) is 5.92 Å². The van der Waals surface area contributed by atoms with Crippen molar-refractivity contribution in [2.45, 2.75) is 31.7 Å². The van der Waals surface area contributed by atoms with Crippen LogP contribution in [0.25, 0.3) is 0 Å². The second kappa shape index (κ2) is 8.97. The van der Waals surface area contributed by atoms with Crippen molar-refractivity contribution in [3.8, 4) is 0 Å². The van der Waals surface area contributed by atoms with Crippen molar-refractivity contribution in [2.75, 3.05) is 33.3 Å². The summed E-state index contributed by atoms with van der Waals surface area (Å²) in [7, 11) is 1.49. The summed E-state index contributed by atoms with van der Waals surface area (Å²) in [5.74, 6) is 0.0762. The van der Waals surface area contributed by atoms with E-state index in [0.717, 1.165) is 39.0 Å². The normalized spacial score (nSPS) is 25.7. The molecule has 6 heteroatoms. The molecule has 0 spiro atoms. The monoisotopic (exact) mass is 298 g/mol. The number of likely N-dealkylation sites (tertiary alicyclic amines) is 1. The van der Waals surface area contributed by atoms with E-state index in [1.807, 2.05) is 0 Å². The molecule has 1 atom stereocenters. The van der Waals surface area contributed by atoms with Gasteiger partial charge in [-0.3, -0.25) is 9.69 Å². The Morgan fingerprint density at radius 3 is 2.50 bits per heavy atom. The first-order chi connectivity index (χ1) is 7.81. The second-order valence-corrected chi connectivity index (χ2v) is 4.84. The molecule has 2 heterocycles. The van der Waals surface area contributed by atoms with Gasteiger partial charge in [0.05, 0.1) is 13.0 Å². The molecule has 0 saturated carbocycles. The molecule has 0 aliphatic carbocycles. The van der Waals surface area contributed by atoms with Gasteiger partial charge in [-0.2, -0.15) is 0 Å². The highest BCUT2D eigenvalue weighted by Gasteiger charge is 2.30. The van der Waals surface area contributed by atoms with E-state index in [-0.39, 0.29) is 36.7 Å². The number of esters is 1. The van der Waals surface area contributed by atoms with Gasteiger partial charge in [-0.1, -0.05) is 0 Å². The molecule has 0 aromatic carbocycles. The lowest BCUT2D eigenvalue weighted by atomic mass is 9.94. The number of ether oxygens (including phenoxy) is 1. The number of nitrogens with zero attached hydrogens (tertiary/aromatic N) is 1. The lowest BCUT2D eigenvalue weighted by molar-refractivity contribution is -0.147. The molecule has 2 saturated heterocycles. The van der Waals surface area contributed by atoms with Gasteiger partial charge in [0.15, 0.2) is 0 Å². The van der Waals surface area contributed by atoms with E-state index in [9.17, 15) is 4.79 Å². The van der Waals surface area contributed by atoms with Crippen LogP contribution < -0.4 is 5.32 Å². The van der Waals surface area contributed by atoms with Crippen molar-refractivity contribution in [1.29, 1.82) is 0 Å². The first-order valence-electron chi connectivity index (χ1n) is 6.34. The standard InChI is InChI=1S/C12H22N2O2.2ClH/c1-16-12(15)10-3-2-8-14(9-10)11-4-6-13-7-5-11;;/h10-11,13H,2-9H2,1H3;2*1H. The zero-order valence-electron chi connectivity index (χ0n) is 10.9. The Morgan fingerprint density at radius 2 is 1.89 bits per heavy atom. The molecule has 0 aromatic heterocycles. The zero-order valence-corrected chi connectivity index (χ0v) is 12.5. The maximum absolute atomic E-state index is 11.5. The van der Waals surface area contributed by atoms with Gasteiger partial charge in [0.2, 0.25) is 0 Å². The number of nitrogens with one attached hydrogen (secondary N) is 1. The summed E-state index contributed by atoms with van der Waals surface area (Å²) in [6.07, 6.45) is 4.56. The third-order valence-corrected chi connectivity index (χ3v) is 3.81. The van der Waals surface area contributed by atoms with E-state index >= 15 is 0 Å². The van der Waals surface area contributed by atoms with Crippen molar-refractivity contribution in [3.05, 3.63) is 0 Å². The smallest absolute Gasteiger partial charge is 0.309 e. The largest absolute Gasteiger partial charge is 0.469 e. The highest BCUT2D eigenvalue weighted by atomic mass is 35.5. The fraction of sp³-hybridized carbons (Fsp3) is 0.917. The van der Waals surface area contributed by atoms with Gasteiger partial charge in [0.25, 0.3) is 0 Å². The minimum atomic E-state index is -0.0290. The van der Waals surface area contributed by atoms with Crippen LogP contribution >= 0.6 is 24.8 Å². The third kappa shape index (κ3) is 4.57. The summed E-state index contributed by atoms with van der Waals surface area (Å²) >= 11 is 0. The number of piperidine rings is 2. The predicted octanol–water partition coefficient (Wildman–Crippen LogP) is 1.47. The van der Waals surface area contributed by atoms with Crippen molar-refractivity contribution < 1.29 is 9.53 Å². The molecule has 1 unspecified atom stereocenters. The fourth-order valence-corrected chi connectivity index (χ4v) is 2.87. The molecule has 1 N–H and O–H groups in total. The van der Waals surface area contributed by atoms with Crippen LogP contribution in [-0.2, 0) is 9.53 Å². The van der Waals surface area contributed by atoms with Crippen LogP contribution in [0.15, 0.2) is 0 Å². The minimum absolute atomic E-state index is 0. The average molecular weight is 299 g/mol. The molecule has 108 valence electrons. The van der Waals surface area contributed by atoms with E-state index in [1.165, 1.54) is 20.0 Å². The molecule has 2 aliphatic heterocycles. The van der Waals surface area contributed by atoms with Gasteiger partial charge in [-0.15, -0.1) is 24.8 Å². The molecule has 2 aliphatic rings. The molecule has 0 aromatic rings. The number of carbonyl (C=O) groups is 1. The summed E-state index contributed by atoms with van der Waals surface area (Å²) in [5, 5.41) is 3.38. The lowest BCUT2D eigenvalue weighted by Gasteiger charge is -2.39. The van der Waals surface area contributed by atoms with E-state index in [1.54, 1.807) is 0 Å². The van der Waals surface area contributed by atoms with Crippen LogP contribution in [0.4, 0.5) is 0 Å². The molecular weight excluding hydrogens is 275 g/mol. The number of rotatable bonds is 2. The molecule has 0 amide bonds. The number of halogens is 2. The van der Waals surface area contributed by atoms with Gasteiger partial charge in [0, 0.05) is 12.6 Å². The van der Waals surface area contributed by atoms with E-state index in [4.69, 9.17) is 4.74 Å². The van der Waals surface area contributed by atoms with Gasteiger partial charge in [-0.05, 0) is 45.3 Å². The van der Waals surface area contributed by atoms with Crippen molar-refractivity contribution in [3.63, 3.8) is 0 Å². The topological polar surface area (TPSA) is 41.6 Å². The van der Waals surface area contributed by atoms with Crippen LogP contribution in [0.5, 0.6) is 0 Å². The fourth-order valence-electron chi connectivity index (χ4n) is 2.87. The Labute approximate surface area is 122 Å². The summed E-state index contributed by atoms with van der Waals surface area (Å²) in [6.45, 7) is 4.28. The Hall–Kier alpha value is -0.0300. The Kier molecular flexibility index (Phi) is 8.95. The van der Waals surface area contributed by atoms with Crippen molar-refractivity contribution in [1.82, 2.24) is 10.2 Å². The summed E-state index contributed by atoms with van der Waals surface area (Å²) in [5.41, 5.74) is 0. The van der Waals surface area contributed by atoms with Crippen molar-refractivity contribution >= 4 is 30.8 Å². The first-order valence-corrected chi connectivity index (χ1v) is 6.34.